The van der Waals surface area contributed by atoms with Crippen LogP contribution in [0.4, 0.5) is 13.2 Å². The molecule has 2 N–H and O–H groups in total. The molecule has 2 aliphatic rings. The van der Waals surface area contributed by atoms with Gasteiger partial charge >= 0.3 is 0 Å². The molecule has 1 aliphatic heterocycles. The largest absolute Gasteiger partial charge is 0.394 e. The third-order valence-electron chi connectivity index (χ3n) is 7.11. The highest BCUT2D eigenvalue weighted by atomic mass is 19.2. The van der Waals surface area contributed by atoms with Crippen molar-refractivity contribution in [2.75, 3.05) is 13.7 Å². The van der Waals surface area contributed by atoms with Crippen molar-refractivity contribution < 1.29 is 37.4 Å². The lowest BCUT2D eigenvalue weighted by molar-refractivity contribution is -0.212. The average Bonchev–Trinajstić information content (AvgIpc) is 3.27. The quantitative estimate of drug-likeness (QED) is 0.429. The van der Waals surface area contributed by atoms with E-state index in [1.54, 1.807) is 6.07 Å². The maximum atomic E-state index is 13.7. The van der Waals surface area contributed by atoms with E-state index in [-0.39, 0.29) is 23.1 Å². The molecule has 2 fully saturated rings. The Balaban J connectivity index is 1.42. The normalized spacial score (nSPS) is 26.7. The second-order valence-corrected chi connectivity index (χ2v) is 9.41. The highest BCUT2D eigenvalue weighted by Gasteiger charge is 2.49. The van der Waals surface area contributed by atoms with E-state index in [9.17, 15) is 23.4 Å². The van der Waals surface area contributed by atoms with E-state index in [1.165, 1.54) is 18.0 Å². The van der Waals surface area contributed by atoms with E-state index < -0.39 is 54.5 Å². The maximum Gasteiger partial charge on any atom is 0.194 e. The summed E-state index contributed by atoms with van der Waals surface area (Å²) < 4.78 is 59.2. The molecule has 1 saturated carbocycles. The Morgan fingerprint density at radius 3 is 2.57 bits per heavy atom. The van der Waals surface area contributed by atoms with Gasteiger partial charge in [-0.25, -0.2) is 17.9 Å². The number of nitriles is 1. The first-order valence-electron chi connectivity index (χ1n) is 11.7. The van der Waals surface area contributed by atoms with Crippen LogP contribution in [0.3, 0.4) is 0 Å². The fourth-order valence-electron chi connectivity index (χ4n) is 4.87. The number of hydrogen-bond donors (Lipinski definition) is 2. The third kappa shape index (κ3) is 4.61. The van der Waals surface area contributed by atoms with Crippen LogP contribution in [0.1, 0.15) is 36.8 Å². The van der Waals surface area contributed by atoms with E-state index in [4.69, 9.17) is 19.3 Å². The summed E-state index contributed by atoms with van der Waals surface area (Å²) in [5, 5.41) is 42.0. The first-order chi connectivity index (χ1) is 17.8. The number of halogens is 3. The second-order valence-electron chi connectivity index (χ2n) is 9.41. The summed E-state index contributed by atoms with van der Waals surface area (Å²) in [6.45, 7) is -0.506. The number of methoxy groups -OCH3 is 1. The monoisotopic (exact) mass is 519 g/mol. The number of ether oxygens (including phenoxy) is 2. The summed E-state index contributed by atoms with van der Waals surface area (Å²) in [7, 11) is 1.42. The number of benzene rings is 1. The van der Waals surface area contributed by atoms with Crippen LogP contribution in [0.25, 0.3) is 11.3 Å². The predicted molar refractivity (Wildman–Crippen MR) is 118 cm³/mol. The Kier molecular flexibility index (Phi) is 6.76. The van der Waals surface area contributed by atoms with Gasteiger partial charge in [-0.3, -0.25) is 0 Å². The first-order valence-corrected chi connectivity index (χ1v) is 11.7. The summed E-state index contributed by atoms with van der Waals surface area (Å²) in [4.78, 5) is 0. The Bertz CT molecular complexity index is 1300. The molecule has 37 heavy (non-hydrogen) atoms. The van der Waals surface area contributed by atoms with Crippen LogP contribution in [0.5, 0.6) is 0 Å². The van der Waals surface area contributed by atoms with Crippen molar-refractivity contribution in [3.05, 3.63) is 53.3 Å². The zero-order valence-electron chi connectivity index (χ0n) is 19.7. The van der Waals surface area contributed by atoms with Gasteiger partial charge in [-0.1, -0.05) is 10.4 Å². The zero-order chi connectivity index (χ0) is 26.3. The Hall–Kier alpha value is -3.31. The van der Waals surface area contributed by atoms with Crippen LogP contribution >= 0.6 is 0 Å². The Morgan fingerprint density at radius 2 is 1.95 bits per heavy atom. The molecule has 10 nitrogen and oxygen atoms in total. The summed E-state index contributed by atoms with van der Waals surface area (Å²) in [6.07, 6.45) is -0.236. The van der Waals surface area contributed by atoms with E-state index in [0.29, 0.717) is 17.9 Å². The molecule has 3 heterocycles. The van der Waals surface area contributed by atoms with Gasteiger partial charge in [-0.15, -0.1) is 5.10 Å². The van der Waals surface area contributed by atoms with Crippen molar-refractivity contribution in [2.45, 2.75) is 61.6 Å². The molecule has 0 amide bonds. The molecule has 13 heteroatoms. The molecule has 1 aromatic carbocycles. The summed E-state index contributed by atoms with van der Waals surface area (Å²) in [5.41, 5.74) is 0.404. The molecule has 196 valence electrons. The van der Waals surface area contributed by atoms with E-state index in [1.807, 2.05) is 0 Å². The molecule has 1 saturated heterocycles. The number of aliphatic hydroxyl groups is 2. The summed E-state index contributed by atoms with van der Waals surface area (Å²) in [5.74, 6) is -3.87. The van der Waals surface area contributed by atoms with E-state index in [2.05, 4.69) is 21.5 Å². The first kappa shape index (κ1) is 25.3. The molecule has 5 atom stereocenters. The molecule has 0 radical (unpaired) electrons. The molecule has 5 rings (SSSR count). The Morgan fingerprint density at radius 1 is 1.22 bits per heavy atom. The SMILES string of the molecule is CO[C@@H]1[C@@H](n2cc(-c3cc(F)c(F)c(F)c3)nn2)[C@@H](O)[C@@H](CO)O[C@@H]1Cc1cc(C2(CC#N)CC2)no1. The average molecular weight is 519 g/mol. The minimum atomic E-state index is -1.60. The zero-order valence-corrected chi connectivity index (χ0v) is 19.7. The minimum absolute atomic E-state index is 0.0375. The molecule has 0 bridgehead atoms. The Labute approximate surface area is 209 Å². The standard InChI is InChI=1S/C24H24F3N5O5/c1-35-23-17(8-13-9-19(30-37-13)24(2-3-24)4-5-28)36-18(11-33)22(34)21(23)32-10-16(29-31-32)12-6-14(25)20(27)15(26)7-12/h6-7,9-10,17-18,21-23,33-34H,2-4,8,11H2,1H3/t17-,18-,21+,22+,23+/m1/s1. The van der Waals surface area contributed by atoms with Crippen LogP contribution in [-0.4, -0.2) is 68.5 Å². The number of aromatic nitrogens is 4. The van der Waals surface area contributed by atoms with Gasteiger partial charge in [0.2, 0.25) is 0 Å². The smallest absolute Gasteiger partial charge is 0.194 e. The van der Waals surface area contributed by atoms with Gasteiger partial charge in [-0.2, -0.15) is 5.26 Å². The van der Waals surface area contributed by atoms with Crippen LogP contribution in [0.15, 0.2) is 28.9 Å². The maximum absolute atomic E-state index is 13.7. The van der Waals surface area contributed by atoms with Crippen molar-refractivity contribution in [1.29, 1.82) is 5.26 Å². The second kappa shape index (κ2) is 9.86. The number of hydrogen-bond acceptors (Lipinski definition) is 9. The minimum Gasteiger partial charge on any atom is -0.394 e. The number of nitrogens with zero attached hydrogens (tertiary/aromatic N) is 5. The third-order valence-corrected chi connectivity index (χ3v) is 7.11. The molecule has 0 unspecified atom stereocenters. The summed E-state index contributed by atoms with van der Waals surface area (Å²) in [6, 6.07) is 4.64. The van der Waals surface area contributed by atoms with Gasteiger partial charge in [0, 0.05) is 37.0 Å². The van der Waals surface area contributed by atoms with Crippen LogP contribution in [0.2, 0.25) is 0 Å². The van der Waals surface area contributed by atoms with Crippen molar-refractivity contribution in [1.82, 2.24) is 20.2 Å². The van der Waals surface area contributed by atoms with Gasteiger partial charge in [0.25, 0.3) is 0 Å². The molecule has 3 aromatic rings. The molecular weight excluding hydrogens is 495 g/mol. The fourth-order valence-corrected chi connectivity index (χ4v) is 4.87. The van der Waals surface area contributed by atoms with Gasteiger partial charge in [0.15, 0.2) is 17.5 Å². The van der Waals surface area contributed by atoms with Crippen LogP contribution in [-0.2, 0) is 21.3 Å². The van der Waals surface area contributed by atoms with Crippen LogP contribution < -0.4 is 0 Å². The van der Waals surface area contributed by atoms with Crippen molar-refractivity contribution >= 4 is 0 Å². The molecule has 0 spiro atoms. The van der Waals surface area contributed by atoms with E-state index in [0.717, 1.165) is 25.0 Å². The lowest BCUT2D eigenvalue weighted by Gasteiger charge is -2.43. The van der Waals surface area contributed by atoms with Crippen molar-refractivity contribution in [2.24, 2.45) is 0 Å². The lowest BCUT2D eigenvalue weighted by atomic mass is 9.90. The highest BCUT2D eigenvalue weighted by molar-refractivity contribution is 5.58. The lowest BCUT2D eigenvalue weighted by Crippen LogP contribution is -2.57. The van der Waals surface area contributed by atoms with Gasteiger partial charge in [0.1, 0.15) is 35.8 Å². The van der Waals surface area contributed by atoms with E-state index >= 15 is 0 Å². The van der Waals surface area contributed by atoms with Gasteiger partial charge in [-0.05, 0) is 25.0 Å². The predicted octanol–water partition coefficient (Wildman–Crippen LogP) is 2.22. The number of rotatable bonds is 8. The van der Waals surface area contributed by atoms with Crippen molar-refractivity contribution in [3.8, 4) is 17.3 Å². The van der Waals surface area contributed by atoms with Crippen LogP contribution in [0, 0.1) is 28.8 Å². The highest BCUT2D eigenvalue weighted by Crippen LogP contribution is 2.50. The van der Waals surface area contributed by atoms with Gasteiger partial charge in [0.05, 0.1) is 30.7 Å². The molecule has 1 aliphatic carbocycles. The number of aliphatic hydroxyl groups excluding tert-OH is 2. The molecular formula is C24H24F3N5O5. The molecule has 2 aromatic heterocycles. The fraction of sp³-hybridized carbons (Fsp3) is 0.500. The summed E-state index contributed by atoms with van der Waals surface area (Å²) >= 11 is 0. The van der Waals surface area contributed by atoms with Gasteiger partial charge < -0.3 is 24.2 Å². The van der Waals surface area contributed by atoms with Crippen molar-refractivity contribution in [3.63, 3.8) is 0 Å². The topological polar surface area (TPSA) is 139 Å².